The molecule has 3 N–H and O–H groups in total. The van der Waals surface area contributed by atoms with Gasteiger partial charge in [0.2, 0.25) is 11.7 Å². The summed E-state index contributed by atoms with van der Waals surface area (Å²) >= 11 is 0. The fourth-order valence-electron chi connectivity index (χ4n) is 1.36. The van der Waals surface area contributed by atoms with Crippen LogP contribution in [-0.4, -0.2) is 27.4 Å². The third-order valence-corrected chi connectivity index (χ3v) is 2.82. The minimum Gasteiger partial charge on any atom is -0.504 e. The summed E-state index contributed by atoms with van der Waals surface area (Å²) in [5.74, 6) is 0.418. The highest BCUT2D eigenvalue weighted by Crippen LogP contribution is 2.30. The zero-order valence-electron chi connectivity index (χ0n) is 10.4. The van der Waals surface area contributed by atoms with Gasteiger partial charge in [-0.2, -0.15) is 4.98 Å². The van der Waals surface area contributed by atoms with Gasteiger partial charge in [0.1, 0.15) is 0 Å². The van der Waals surface area contributed by atoms with Crippen molar-refractivity contribution in [1.82, 2.24) is 15.5 Å². The highest BCUT2D eigenvalue weighted by molar-refractivity contribution is 5.59. The van der Waals surface area contributed by atoms with E-state index in [1.807, 2.05) is 13.8 Å². The van der Waals surface area contributed by atoms with Gasteiger partial charge in [-0.05, 0) is 39.1 Å². The molecule has 18 heavy (non-hydrogen) atoms. The lowest BCUT2D eigenvalue weighted by molar-refractivity contribution is 0.281. The van der Waals surface area contributed by atoms with E-state index in [0.717, 1.165) is 0 Å². The number of nitrogens with zero attached hydrogens (tertiary/aromatic N) is 2. The van der Waals surface area contributed by atoms with Gasteiger partial charge < -0.3 is 20.1 Å². The number of aromatic nitrogens is 2. The molecule has 0 aliphatic rings. The molecule has 0 aliphatic heterocycles. The summed E-state index contributed by atoms with van der Waals surface area (Å²) in [4.78, 5) is 4.26. The fraction of sp³-hybridized carbons (Fsp3) is 0.333. The molecule has 2 aromatic rings. The Morgan fingerprint density at radius 3 is 2.56 bits per heavy atom. The van der Waals surface area contributed by atoms with Crippen molar-refractivity contribution in [2.45, 2.75) is 19.4 Å². The molecule has 0 amide bonds. The van der Waals surface area contributed by atoms with Gasteiger partial charge in [0.05, 0.1) is 5.54 Å². The van der Waals surface area contributed by atoms with E-state index in [1.54, 1.807) is 13.1 Å². The fourth-order valence-corrected chi connectivity index (χ4v) is 1.36. The molecule has 0 atom stereocenters. The molecule has 0 saturated carbocycles. The highest BCUT2D eigenvalue weighted by atomic mass is 16.5. The molecule has 6 heteroatoms. The molecule has 96 valence electrons. The monoisotopic (exact) mass is 249 g/mol. The SMILES string of the molecule is CNC(C)(C)c1nc(-c2ccc(O)c(O)c2)no1. The van der Waals surface area contributed by atoms with Gasteiger partial charge in [-0.25, -0.2) is 0 Å². The van der Waals surface area contributed by atoms with Crippen LogP contribution in [-0.2, 0) is 5.54 Å². The van der Waals surface area contributed by atoms with Gasteiger partial charge in [0, 0.05) is 5.56 Å². The number of hydrogen-bond acceptors (Lipinski definition) is 6. The molecule has 1 aromatic carbocycles. The van der Waals surface area contributed by atoms with E-state index < -0.39 is 5.54 Å². The van der Waals surface area contributed by atoms with Crippen LogP contribution in [0, 0.1) is 0 Å². The summed E-state index contributed by atoms with van der Waals surface area (Å²) in [6.45, 7) is 3.83. The van der Waals surface area contributed by atoms with Crippen LogP contribution in [0.4, 0.5) is 0 Å². The zero-order chi connectivity index (χ0) is 13.3. The quantitative estimate of drug-likeness (QED) is 0.716. The standard InChI is InChI=1S/C12H15N3O3/c1-12(2,13-3)11-14-10(15-18-11)7-4-5-8(16)9(17)6-7/h4-6,13,16-17H,1-3H3. The van der Waals surface area contributed by atoms with E-state index in [4.69, 9.17) is 4.52 Å². The molecule has 0 unspecified atom stereocenters. The average molecular weight is 249 g/mol. The summed E-state index contributed by atoms with van der Waals surface area (Å²) in [6.07, 6.45) is 0. The first-order valence-corrected chi connectivity index (χ1v) is 5.49. The van der Waals surface area contributed by atoms with Gasteiger partial charge >= 0.3 is 0 Å². The normalized spacial score (nSPS) is 11.7. The summed E-state index contributed by atoms with van der Waals surface area (Å²) < 4.78 is 5.18. The first-order valence-electron chi connectivity index (χ1n) is 5.49. The van der Waals surface area contributed by atoms with Crippen LogP contribution in [0.2, 0.25) is 0 Å². The first kappa shape index (κ1) is 12.4. The van der Waals surface area contributed by atoms with Crippen molar-refractivity contribution >= 4 is 0 Å². The molecular weight excluding hydrogens is 234 g/mol. The van der Waals surface area contributed by atoms with Gasteiger partial charge in [-0.3, -0.25) is 0 Å². The molecule has 0 saturated heterocycles. The number of aromatic hydroxyl groups is 2. The number of phenols is 2. The summed E-state index contributed by atoms with van der Waals surface area (Å²) in [5, 5.41) is 25.6. The van der Waals surface area contributed by atoms with Gasteiger partial charge in [-0.15, -0.1) is 0 Å². The van der Waals surface area contributed by atoms with Crippen LogP contribution in [0.5, 0.6) is 11.5 Å². The van der Waals surface area contributed by atoms with Gasteiger partial charge in [0.15, 0.2) is 11.5 Å². The zero-order valence-corrected chi connectivity index (χ0v) is 10.4. The second-order valence-corrected chi connectivity index (χ2v) is 4.50. The Morgan fingerprint density at radius 1 is 1.22 bits per heavy atom. The molecule has 0 radical (unpaired) electrons. The van der Waals surface area contributed by atoms with Crippen LogP contribution in [0.15, 0.2) is 22.7 Å². The second kappa shape index (κ2) is 4.30. The number of hydrogen-bond donors (Lipinski definition) is 3. The maximum Gasteiger partial charge on any atom is 0.246 e. The largest absolute Gasteiger partial charge is 0.504 e. The Labute approximate surface area is 104 Å². The van der Waals surface area contributed by atoms with Crippen LogP contribution >= 0.6 is 0 Å². The minimum atomic E-state index is -0.426. The van der Waals surface area contributed by atoms with Crippen LogP contribution in [0.25, 0.3) is 11.4 Å². The predicted octanol–water partition coefficient (Wildman–Crippen LogP) is 1.60. The molecule has 1 aromatic heterocycles. The predicted molar refractivity (Wildman–Crippen MR) is 65.1 cm³/mol. The Hall–Kier alpha value is -2.08. The van der Waals surface area contributed by atoms with Crippen molar-refractivity contribution in [2.24, 2.45) is 0 Å². The van der Waals surface area contributed by atoms with Crippen molar-refractivity contribution < 1.29 is 14.7 Å². The van der Waals surface area contributed by atoms with E-state index >= 15 is 0 Å². The minimum absolute atomic E-state index is 0.182. The molecular formula is C12H15N3O3. The summed E-state index contributed by atoms with van der Waals surface area (Å²) in [7, 11) is 1.80. The molecule has 0 bridgehead atoms. The van der Waals surface area contributed by atoms with E-state index in [9.17, 15) is 10.2 Å². The number of nitrogens with one attached hydrogen (secondary N) is 1. The van der Waals surface area contributed by atoms with Gasteiger partial charge in [0.25, 0.3) is 0 Å². The molecule has 0 aliphatic carbocycles. The molecule has 2 rings (SSSR count). The molecule has 6 nitrogen and oxygen atoms in total. The lowest BCUT2D eigenvalue weighted by atomic mass is 10.1. The van der Waals surface area contributed by atoms with Crippen molar-refractivity contribution in [2.75, 3.05) is 7.05 Å². The highest BCUT2D eigenvalue weighted by Gasteiger charge is 2.25. The van der Waals surface area contributed by atoms with Crippen LogP contribution in [0.1, 0.15) is 19.7 Å². The second-order valence-electron chi connectivity index (χ2n) is 4.50. The Balaban J connectivity index is 2.38. The van der Waals surface area contributed by atoms with E-state index in [1.165, 1.54) is 12.1 Å². The van der Waals surface area contributed by atoms with Crippen molar-refractivity contribution in [3.8, 4) is 22.9 Å². The lowest BCUT2D eigenvalue weighted by Gasteiger charge is -2.17. The summed E-state index contributed by atoms with van der Waals surface area (Å²) in [6, 6.07) is 4.37. The average Bonchev–Trinajstić information content (AvgIpc) is 2.83. The third-order valence-electron chi connectivity index (χ3n) is 2.82. The van der Waals surface area contributed by atoms with Gasteiger partial charge in [-0.1, -0.05) is 5.16 Å². The first-order chi connectivity index (χ1) is 8.44. The Bertz CT molecular complexity index is 563. The van der Waals surface area contributed by atoms with E-state index in [0.29, 0.717) is 17.3 Å². The molecule has 0 spiro atoms. The lowest BCUT2D eigenvalue weighted by Crippen LogP contribution is -2.33. The molecule has 1 heterocycles. The van der Waals surface area contributed by atoms with E-state index in [2.05, 4.69) is 15.5 Å². The Morgan fingerprint density at radius 2 is 1.94 bits per heavy atom. The smallest absolute Gasteiger partial charge is 0.246 e. The van der Waals surface area contributed by atoms with Crippen LogP contribution in [0.3, 0.4) is 0 Å². The number of benzene rings is 1. The number of phenolic OH excluding ortho intramolecular Hbond substituents is 2. The topological polar surface area (TPSA) is 91.4 Å². The van der Waals surface area contributed by atoms with Crippen molar-refractivity contribution in [3.63, 3.8) is 0 Å². The maximum absolute atomic E-state index is 9.43. The van der Waals surface area contributed by atoms with E-state index in [-0.39, 0.29) is 11.5 Å². The Kier molecular flexibility index (Phi) is 2.96. The van der Waals surface area contributed by atoms with Crippen LogP contribution < -0.4 is 5.32 Å². The molecule has 0 fully saturated rings. The number of rotatable bonds is 3. The third kappa shape index (κ3) is 2.14. The maximum atomic E-state index is 9.43. The van der Waals surface area contributed by atoms with Crippen molar-refractivity contribution in [1.29, 1.82) is 0 Å². The summed E-state index contributed by atoms with van der Waals surface area (Å²) in [5.41, 5.74) is 0.150. The van der Waals surface area contributed by atoms with Crippen molar-refractivity contribution in [3.05, 3.63) is 24.1 Å².